The molecular weight excluding hydrogens is 1580 g/mol. The Morgan fingerprint density at radius 1 is 0.421 bits per heavy atom. The van der Waals surface area contributed by atoms with Gasteiger partial charge in [-0.25, -0.2) is 4.79 Å². The largest absolute Gasteiger partial charge is 0.508 e. The van der Waals surface area contributed by atoms with E-state index in [9.17, 15) is 102 Å². The Balaban J connectivity index is 1.65. The van der Waals surface area contributed by atoms with Crippen LogP contribution in [0.3, 0.4) is 0 Å². The van der Waals surface area contributed by atoms with E-state index in [1.54, 1.807) is 74.6 Å². The quantitative estimate of drug-likeness (QED) is 0.0111. The van der Waals surface area contributed by atoms with Crippen molar-refractivity contribution in [3.63, 3.8) is 0 Å². The molecule has 33 N–H and O–H groups in total. The molecule has 0 aliphatic rings. The Bertz CT molecular complexity index is 4320. The van der Waals surface area contributed by atoms with Gasteiger partial charge in [-0.3, -0.25) is 86.9 Å². The Kier molecular flexibility index (Phi) is 41.1. The van der Waals surface area contributed by atoms with Gasteiger partial charge in [0.2, 0.25) is 94.5 Å². The summed E-state index contributed by atoms with van der Waals surface area (Å²) < 4.78 is 0. The minimum absolute atomic E-state index is 0.0267. The molecule has 0 aliphatic heterocycles. The number of aromatic hydroxyl groups is 1. The van der Waals surface area contributed by atoms with E-state index in [1.807, 2.05) is 5.32 Å². The SMILES string of the molecule is CC(C)C[C@H](NC(=O)[C@H](Cc1ccc(O)cc1)NC(=O)[C@H](Cc1ccccc1)NC(=O)[C@@H](NC(=O)[C@H](CCCCN)NC(=O)[C@H](CCC(N)=O)NC(=O)[C@H](CC(N)=O)NC(=O)[C@@H](NC(=O)[C@H](CC(=O)O)NC(=O)[C@@H](N)Cc1c[nH]c2ccccc12)C(C)C)[C@@H](C)O)C(=O)N[C@@H](CCCNC(=N)N)C(=O)N[C@@H](CC(N)=O)C(=O)N[C@@H](CC(N)=O)C(=O)O. The van der Waals surface area contributed by atoms with Crippen LogP contribution in [-0.2, 0) is 106 Å². The molecule has 4 aromatic rings. The van der Waals surface area contributed by atoms with Crippen molar-refractivity contribution in [1.29, 1.82) is 5.41 Å². The lowest BCUT2D eigenvalue weighted by atomic mass is 9.99. The predicted molar refractivity (Wildman–Crippen MR) is 433 cm³/mol. The number of hydrogen-bond donors (Lipinski definition) is 26. The van der Waals surface area contributed by atoms with Crippen molar-refractivity contribution >= 4 is 123 Å². The fourth-order valence-corrected chi connectivity index (χ4v) is 12.3. The molecule has 4 rings (SSSR count). The first-order valence-electron chi connectivity index (χ1n) is 38.8. The number of rotatable bonds is 54. The van der Waals surface area contributed by atoms with Crippen molar-refractivity contribution < 1.29 is 107 Å². The first kappa shape index (κ1) is 100.0. The number of para-hydroxylation sites is 1. The molecule has 0 saturated carbocycles. The zero-order chi connectivity index (χ0) is 90.5. The second kappa shape index (κ2) is 49.7. The van der Waals surface area contributed by atoms with Crippen LogP contribution in [0, 0.1) is 17.2 Å². The van der Waals surface area contributed by atoms with Gasteiger partial charge in [-0.1, -0.05) is 88.4 Å². The van der Waals surface area contributed by atoms with E-state index in [-0.39, 0.29) is 70.2 Å². The average Bonchev–Trinajstić information content (AvgIpc) is 1.72. The highest BCUT2D eigenvalue weighted by atomic mass is 16.4. The molecule has 16 amide bonds. The monoisotopic (exact) mass is 1700 g/mol. The maximum Gasteiger partial charge on any atom is 0.326 e. The summed E-state index contributed by atoms with van der Waals surface area (Å²) in [7, 11) is 0. The number of unbranched alkanes of at least 4 members (excludes halogenated alkanes) is 1. The van der Waals surface area contributed by atoms with Gasteiger partial charge in [0.1, 0.15) is 78.3 Å². The van der Waals surface area contributed by atoms with Gasteiger partial charge in [-0.15, -0.1) is 0 Å². The molecule has 0 radical (unpaired) electrons. The fraction of sp³-hybridized carbons (Fsp3) is 0.494. The molecule has 662 valence electrons. The molecule has 0 aliphatic carbocycles. The standard InChI is InChI=1S/C77H112N22O22/c1-37(2)28-50(68(112)89-48(19-13-27-86-77(84)85)65(109)94-53(32-58(81)103)72(116)97-56(76(120)121)34-60(83)105)92-69(113)51(30-41-20-22-43(101)23-21-41)93-70(114)52(29-40-14-7-6-8-15-40)95-75(119)63(39(5)100)99-67(111)47(18-11-12-26-78)88-66(110)49(24-25-57(80)102)90-71(115)54(33-59(82)104)96-74(118)62(38(3)4)98-73(117)55(35-61(106)107)91-64(108)45(79)31-42-36-87-46-17-10-9-16-44(42)46/h6-10,14-17,20-23,36-39,45,47-56,62-63,87,100-101H,11-13,18-19,24-35,78-79H2,1-5H3,(H2,80,102)(H2,81,103)(H2,82,104)(H2,83,105)(H,88,110)(H,89,112)(H,90,115)(H,91,108)(H,92,113)(H,93,114)(H,94,109)(H,95,119)(H,96,118)(H,97,116)(H,98,117)(H,99,111)(H,106,107)(H,120,121)(H4,84,85,86)/t39-,45+,47+,48+,49+,50+,51+,52+,53+,54+,55+,56+,62+,63+/m1/s1. The number of aliphatic hydroxyl groups is 1. The van der Waals surface area contributed by atoms with Crippen molar-refractivity contribution in [2.24, 2.45) is 52.0 Å². The third-order valence-electron chi connectivity index (χ3n) is 18.6. The van der Waals surface area contributed by atoms with Crippen LogP contribution in [-0.4, -0.2) is 236 Å². The Hall–Kier alpha value is -13.4. The van der Waals surface area contributed by atoms with Crippen LogP contribution in [0.15, 0.2) is 85.1 Å². The number of H-pyrrole nitrogens is 1. The van der Waals surface area contributed by atoms with Gasteiger partial charge in [0.25, 0.3) is 0 Å². The zero-order valence-corrected chi connectivity index (χ0v) is 67.5. The number of phenols is 1. The highest BCUT2D eigenvalue weighted by Gasteiger charge is 2.40. The number of amides is 16. The summed E-state index contributed by atoms with van der Waals surface area (Å²) in [6, 6.07) is -2.29. The van der Waals surface area contributed by atoms with Crippen molar-refractivity contribution in [3.05, 3.63) is 102 Å². The summed E-state index contributed by atoms with van der Waals surface area (Å²) >= 11 is 0. The van der Waals surface area contributed by atoms with Crippen molar-refractivity contribution in [1.82, 2.24) is 74.1 Å². The highest BCUT2D eigenvalue weighted by Crippen LogP contribution is 2.21. The predicted octanol–water partition coefficient (Wildman–Crippen LogP) is -7.03. The number of aromatic amines is 1. The van der Waals surface area contributed by atoms with Crippen LogP contribution in [0.5, 0.6) is 5.75 Å². The lowest BCUT2D eigenvalue weighted by Crippen LogP contribution is -2.62. The third kappa shape index (κ3) is 35.4. The molecule has 44 nitrogen and oxygen atoms in total. The Morgan fingerprint density at radius 2 is 0.826 bits per heavy atom. The number of hydrogen-bond acceptors (Lipinski definition) is 23. The number of carboxylic acid groups (broad SMARTS) is 2. The minimum atomic E-state index is -2.00. The second-order valence-electron chi connectivity index (χ2n) is 29.6. The van der Waals surface area contributed by atoms with E-state index < -0.39 is 254 Å². The number of benzene rings is 3. The summed E-state index contributed by atoms with van der Waals surface area (Å²) in [4.78, 5) is 248. The van der Waals surface area contributed by atoms with Crippen LogP contribution in [0.2, 0.25) is 0 Å². The van der Waals surface area contributed by atoms with Crippen LogP contribution in [0.25, 0.3) is 10.9 Å². The Labute approximate surface area is 695 Å². The summed E-state index contributed by atoms with van der Waals surface area (Å²) in [6.45, 7) is 7.31. The number of aliphatic carboxylic acids is 2. The van der Waals surface area contributed by atoms with E-state index in [2.05, 4.69) is 68.8 Å². The first-order chi connectivity index (χ1) is 57.0. The molecule has 1 aromatic heterocycles. The van der Waals surface area contributed by atoms with E-state index in [0.717, 1.165) is 17.8 Å². The molecule has 3 aromatic carbocycles. The molecular formula is C77H112N22O22. The number of guanidine groups is 1. The number of aromatic nitrogens is 1. The van der Waals surface area contributed by atoms with Gasteiger partial charge in [0, 0.05) is 42.9 Å². The summed E-state index contributed by atoms with van der Waals surface area (Å²) in [5.41, 5.74) is 41.2. The third-order valence-corrected chi connectivity index (χ3v) is 18.6. The second-order valence-corrected chi connectivity index (χ2v) is 29.6. The smallest absolute Gasteiger partial charge is 0.326 e. The fourth-order valence-electron chi connectivity index (χ4n) is 12.3. The van der Waals surface area contributed by atoms with Gasteiger partial charge in [0.05, 0.1) is 37.8 Å². The van der Waals surface area contributed by atoms with Gasteiger partial charge < -0.3 is 135 Å². The molecule has 1 heterocycles. The molecule has 14 atom stereocenters. The van der Waals surface area contributed by atoms with Crippen molar-refractivity contribution in [3.8, 4) is 5.75 Å². The first-order valence-corrected chi connectivity index (χ1v) is 38.8. The highest BCUT2D eigenvalue weighted by molar-refractivity contribution is 6.02. The molecule has 0 spiro atoms. The number of phenolic OH excluding ortho intramolecular Hbond substituents is 1. The molecule has 0 bridgehead atoms. The molecule has 121 heavy (non-hydrogen) atoms. The van der Waals surface area contributed by atoms with Crippen LogP contribution in [0.4, 0.5) is 0 Å². The van der Waals surface area contributed by atoms with Crippen LogP contribution in [0.1, 0.15) is 128 Å². The normalized spacial score (nSPS) is 14.6. The Morgan fingerprint density at radius 3 is 1.33 bits per heavy atom. The average molecular weight is 1700 g/mol. The van der Waals surface area contributed by atoms with Gasteiger partial charge in [-0.05, 0) is 112 Å². The number of fused-ring (bicyclic) bond motifs is 1. The number of nitrogens with one attached hydrogen (secondary N) is 15. The lowest BCUT2D eigenvalue weighted by Gasteiger charge is -2.29. The summed E-state index contributed by atoms with van der Waals surface area (Å²) in [6.07, 6.45) is -6.45. The zero-order valence-electron chi connectivity index (χ0n) is 67.5. The summed E-state index contributed by atoms with van der Waals surface area (Å²) in [5.74, 6) is -23.5. The number of carbonyl (C=O) groups excluding carboxylic acids is 16. The summed E-state index contributed by atoms with van der Waals surface area (Å²) in [5, 5.41) is 80.5. The minimum Gasteiger partial charge on any atom is -0.508 e. The van der Waals surface area contributed by atoms with Crippen molar-refractivity contribution in [2.75, 3.05) is 13.1 Å². The number of carbonyl (C=O) groups is 18. The van der Waals surface area contributed by atoms with E-state index in [1.165, 1.54) is 38.1 Å². The molecule has 0 fully saturated rings. The number of aliphatic hydroxyl groups excluding tert-OH is 1. The van der Waals surface area contributed by atoms with E-state index in [0.29, 0.717) is 16.7 Å². The van der Waals surface area contributed by atoms with Gasteiger partial charge in [0.15, 0.2) is 5.96 Å². The number of nitrogens with two attached hydrogens (primary N) is 7. The lowest BCUT2D eigenvalue weighted by molar-refractivity contribution is -0.144. The number of carboxylic acids is 2. The van der Waals surface area contributed by atoms with E-state index >= 15 is 4.79 Å². The number of primary amides is 4. The van der Waals surface area contributed by atoms with Gasteiger partial charge in [-0.2, -0.15) is 0 Å². The molecule has 0 unspecified atom stereocenters. The maximum atomic E-state index is 15.0. The molecule has 0 saturated heterocycles. The topological polar surface area (TPSA) is 766 Å². The van der Waals surface area contributed by atoms with Crippen LogP contribution >= 0.6 is 0 Å². The molecule has 44 heteroatoms. The maximum absolute atomic E-state index is 15.0. The van der Waals surface area contributed by atoms with Crippen LogP contribution < -0.4 is 109 Å². The van der Waals surface area contributed by atoms with E-state index in [4.69, 9.17) is 45.5 Å². The van der Waals surface area contributed by atoms with Crippen molar-refractivity contribution in [2.45, 2.75) is 216 Å². The van der Waals surface area contributed by atoms with Gasteiger partial charge >= 0.3 is 11.9 Å².